The van der Waals surface area contributed by atoms with E-state index in [1.807, 2.05) is 6.92 Å². The molecule has 174 valence electrons. The summed E-state index contributed by atoms with van der Waals surface area (Å²) in [5.41, 5.74) is -0.698. The molecule has 9 nitrogen and oxygen atoms in total. The highest BCUT2D eigenvalue weighted by atomic mass is 16.6. The van der Waals surface area contributed by atoms with E-state index in [1.54, 1.807) is 37.4 Å². The van der Waals surface area contributed by atoms with Crippen molar-refractivity contribution in [1.29, 1.82) is 0 Å². The van der Waals surface area contributed by atoms with Crippen LogP contribution in [-0.2, 0) is 9.53 Å². The van der Waals surface area contributed by atoms with E-state index >= 15 is 0 Å². The monoisotopic (exact) mass is 455 g/mol. The molecule has 0 aliphatic rings. The molecule has 1 heterocycles. The van der Waals surface area contributed by atoms with E-state index in [4.69, 9.17) is 23.4 Å². The van der Waals surface area contributed by atoms with Crippen molar-refractivity contribution < 1.29 is 33.0 Å². The summed E-state index contributed by atoms with van der Waals surface area (Å²) >= 11 is 0. The van der Waals surface area contributed by atoms with Gasteiger partial charge in [0.15, 0.2) is 6.61 Å². The Kier molecular flexibility index (Phi) is 8.43. The fourth-order valence-electron chi connectivity index (χ4n) is 2.93. The Morgan fingerprint density at radius 3 is 2.36 bits per heavy atom. The first-order chi connectivity index (χ1) is 16.0. The zero-order valence-corrected chi connectivity index (χ0v) is 18.4. The molecule has 0 bridgehead atoms. The lowest BCUT2D eigenvalue weighted by molar-refractivity contribution is -0.136. The number of carbonyl (C=O) groups is 2. The second-order valence-electron chi connectivity index (χ2n) is 6.92. The Hall–Kier alpha value is -3.85. The van der Waals surface area contributed by atoms with Gasteiger partial charge in [0, 0.05) is 31.7 Å². The number of benzene rings is 2. The third-order valence-electron chi connectivity index (χ3n) is 4.49. The van der Waals surface area contributed by atoms with Gasteiger partial charge in [-0.3, -0.25) is 4.79 Å². The van der Waals surface area contributed by atoms with Gasteiger partial charge in [-0.2, -0.15) is 0 Å². The predicted molar refractivity (Wildman–Crippen MR) is 120 cm³/mol. The summed E-state index contributed by atoms with van der Waals surface area (Å²) < 4.78 is 26.2. The van der Waals surface area contributed by atoms with Crippen LogP contribution >= 0.6 is 0 Å². The zero-order valence-electron chi connectivity index (χ0n) is 18.4. The molecule has 3 aromatic rings. The van der Waals surface area contributed by atoms with Crippen LogP contribution in [0.4, 0.5) is 0 Å². The van der Waals surface area contributed by atoms with Gasteiger partial charge in [-0.05, 0) is 55.8 Å². The first-order valence-corrected chi connectivity index (χ1v) is 10.4. The topological polar surface area (TPSA) is 113 Å². The second kappa shape index (κ2) is 11.7. The Labute approximate surface area is 190 Å². The molecule has 0 unspecified atom stereocenters. The van der Waals surface area contributed by atoms with Gasteiger partial charge < -0.3 is 28.7 Å². The third-order valence-corrected chi connectivity index (χ3v) is 4.49. The molecule has 3 rings (SSSR count). The van der Waals surface area contributed by atoms with Crippen LogP contribution in [0.2, 0.25) is 0 Å². The third kappa shape index (κ3) is 6.81. The van der Waals surface area contributed by atoms with E-state index in [9.17, 15) is 14.4 Å². The Morgan fingerprint density at radius 1 is 0.970 bits per heavy atom. The maximum atomic E-state index is 12.2. The second-order valence-corrected chi connectivity index (χ2v) is 6.92. The molecule has 0 radical (unpaired) electrons. The predicted octanol–water partition coefficient (Wildman–Crippen LogP) is 2.94. The summed E-state index contributed by atoms with van der Waals surface area (Å²) in [7, 11) is 1.57. The normalized spacial score (nSPS) is 10.6. The molecule has 0 spiro atoms. The van der Waals surface area contributed by atoms with E-state index in [0.717, 1.165) is 0 Å². The van der Waals surface area contributed by atoms with Crippen LogP contribution in [0.3, 0.4) is 0 Å². The highest BCUT2D eigenvalue weighted by molar-refractivity contribution is 5.96. The van der Waals surface area contributed by atoms with Gasteiger partial charge in [-0.15, -0.1) is 0 Å². The van der Waals surface area contributed by atoms with Crippen molar-refractivity contribution >= 4 is 22.8 Å². The van der Waals surface area contributed by atoms with Crippen LogP contribution in [0.1, 0.15) is 23.7 Å². The molecule has 9 heteroatoms. The fraction of sp³-hybridized carbons (Fsp3) is 0.292. The van der Waals surface area contributed by atoms with Crippen LogP contribution < -0.4 is 25.2 Å². The summed E-state index contributed by atoms with van der Waals surface area (Å²) in [6.45, 7) is 3.01. The molecule has 0 atom stereocenters. The summed E-state index contributed by atoms with van der Waals surface area (Å²) in [6.07, 6.45) is 0.623. The van der Waals surface area contributed by atoms with Crippen molar-refractivity contribution in [3.8, 4) is 17.2 Å². The largest absolute Gasteiger partial charge is 0.494 e. The van der Waals surface area contributed by atoms with Crippen molar-refractivity contribution in [2.24, 2.45) is 0 Å². The summed E-state index contributed by atoms with van der Waals surface area (Å²) in [6, 6.07) is 12.8. The number of carbonyl (C=O) groups excluding carboxylic acids is 2. The molecule has 2 aromatic carbocycles. The number of hydrogen-bond donors (Lipinski definition) is 1. The van der Waals surface area contributed by atoms with Crippen molar-refractivity contribution in [2.75, 3.05) is 33.5 Å². The summed E-state index contributed by atoms with van der Waals surface area (Å²) in [4.78, 5) is 36.6. The number of rotatable bonds is 11. The van der Waals surface area contributed by atoms with Gasteiger partial charge in [0.2, 0.25) is 0 Å². The number of hydrogen-bond acceptors (Lipinski definition) is 8. The maximum absolute atomic E-state index is 12.2. The molecule has 0 saturated heterocycles. The van der Waals surface area contributed by atoms with Gasteiger partial charge >= 0.3 is 11.6 Å². The molecule has 1 aromatic heterocycles. The molecule has 0 fully saturated rings. The number of methoxy groups -OCH3 is 1. The molecule has 0 aliphatic heterocycles. The molecule has 33 heavy (non-hydrogen) atoms. The zero-order chi connectivity index (χ0) is 23.6. The summed E-state index contributed by atoms with van der Waals surface area (Å²) in [5, 5.41) is 3.16. The molecule has 0 saturated carbocycles. The van der Waals surface area contributed by atoms with Crippen molar-refractivity contribution in [2.45, 2.75) is 13.3 Å². The van der Waals surface area contributed by atoms with Crippen LogP contribution in [0.25, 0.3) is 11.0 Å². The minimum atomic E-state index is -0.783. The first-order valence-electron chi connectivity index (χ1n) is 10.4. The smallest absolute Gasteiger partial charge is 0.349 e. The molecular weight excluding hydrogens is 430 g/mol. The van der Waals surface area contributed by atoms with Crippen LogP contribution in [0.5, 0.6) is 17.2 Å². The Morgan fingerprint density at radius 2 is 1.67 bits per heavy atom. The maximum Gasteiger partial charge on any atom is 0.349 e. The highest BCUT2D eigenvalue weighted by Gasteiger charge is 2.14. The van der Waals surface area contributed by atoms with Crippen LogP contribution in [0, 0.1) is 0 Å². The van der Waals surface area contributed by atoms with Gasteiger partial charge in [0.1, 0.15) is 28.4 Å². The molecule has 1 amide bonds. The first kappa shape index (κ1) is 23.8. The van der Waals surface area contributed by atoms with Crippen molar-refractivity contribution in [1.82, 2.24) is 5.32 Å². The SMILES string of the molecule is CCOc1ccc(OCC(=O)Oc2ccc3cc(C(=O)NCCCOC)c(=O)oc3c2)cc1. The van der Waals surface area contributed by atoms with E-state index < -0.39 is 17.5 Å². The Bertz CT molecular complexity index is 1150. The number of nitrogens with one attached hydrogen (secondary N) is 1. The van der Waals surface area contributed by atoms with Crippen LogP contribution in [-0.4, -0.2) is 45.4 Å². The number of fused-ring (bicyclic) bond motifs is 1. The number of amides is 1. The van der Waals surface area contributed by atoms with Gasteiger partial charge in [-0.25, -0.2) is 9.59 Å². The average Bonchev–Trinajstić information content (AvgIpc) is 2.81. The van der Waals surface area contributed by atoms with Crippen molar-refractivity contribution in [3.05, 3.63) is 64.5 Å². The number of esters is 1. The lowest BCUT2D eigenvalue weighted by Crippen LogP contribution is -2.29. The number of ether oxygens (including phenoxy) is 4. The van der Waals surface area contributed by atoms with Gasteiger partial charge in [0.05, 0.1) is 6.61 Å². The van der Waals surface area contributed by atoms with E-state index in [-0.39, 0.29) is 23.5 Å². The van der Waals surface area contributed by atoms with Gasteiger partial charge in [0.25, 0.3) is 5.91 Å². The van der Waals surface area contributed by atoms with E-state index in [1.165, 1.54) is 18.2 Å². The van der Waals surface area contributed by atoms with Crippen LogP contribution in [0.15, 0.2) is 57.7 Å². The van der Waals surface area contributed by atoms with E-state index in [2.05, 4.69) is 5.32 Å². The lowest BCUT2D eigenvalue weighted by Gasteiger charge is -2.09. The average molecular weight is 455 g/mol. The Balaban J connectivity index is 1.60. The summed E-state index contributed by atoms with van der Waals surface area (Å²) in [5.74, 6) is 0.230. The van der Waals surface area contributed by atoms with E-state index in [0.29, 0.717) is 43.1 Å². The minimum absolute atomic E-state index is 0.103. The van der Waals surface area contributed by atoms with Crippen molar-refractivity contribution in [3.63, 3.8) is 0 Å². The standard InChI is InChI=1S/C24H25NO8/c1-3-30-17-7-9-18(10-8-17)31-15-22(26)32-19-6-5-16-13-20(24(28)33-21(16)14-19)23(27)25-11-4-12-29-2/h5-10,13-14H,3-4,11-12,15H2,1-2H3,(H,25,27). The molecular formula is C24H25NO8. The lowest BCUT2D eigenvalue weighted by atomic mass is 10.1. The quantitative estimate of drug-likeness (QED) is 0.203. The molecule has 0 aliphatic carbocycles. The molecule has 1 N–H and O–H groups in total. The minimum Gasteiger partial charge on any atom is -0.494 e. The van der Waals surface area contributed by atoms with Gasteiger partial charge in [-0.1, -0.05) is 0 Å². The highest BCUT2D eigenvalue weighted by Crippen LogP contribution is 2.21. The fourth-order valence-corrected chi connectivity index (χ4v) is 2.93.